The van der Waals surface area contributed by atoms with E-state index in [0.717, 1.165) is 10.9 Å². The van der Waals surface area contributed by atoms with Gasteiger partial charge in [-0.3, -0.25) is 4.79 Å². The van der Waals surface area contributed by atoms with Crippen LogP contribution in [0.2, 0.25) is 0 Å². The number of hydrogen-bond donors (Lipinski definition) is 2. The van der Waals surface area contributed by atoms with Crippen molar-refractivity contribution in [2.45, 2.75) is 19.4 Å². The quantitative estimate of drug-likeness (QED) is 0.825. The highest BCUT2D eigenvalue weighted by Crippen LogP contribution is 2.41. The standard InChI is InChI=1S/C15H15NO3/c1-8-13(19-3)12(17)11-9-6-4-5-7-10(9)16-14(11)15(8,2)18/h4-7,16,18H,1-3H3. The molecule has 1 atom stereocenters. The van der Waals surface area contributed by atoms with Crippen LogP contribution in [-0.4, -0.2) is 23.0 Å². The molecule has 0 bridgehead atoms. The fourth-order valence-corrected chi connectivity index (χ4v) is 2.68. The number of carbonyl (C=O) groups is 1. The van der Waals surface area contributed by atoms with Crippen molar-refractivity contribution in [3.8, 4) is 0 Å². The van der Waals surface area contributed by atoms with E-state index in [1.807, 2.05) is 24.3 Å². The van der Waals surface area contributed by atoms with Gasteiger partial charge in [0.2, 0.25) is 5.78 Å². The molecular weight excluding hydrogens is 242 g/mol. The highest BCUT2D eigenvalue weighted by molar-refractivity contribution is 6.18. The Bertz CT molecular complexity index is 722. The van der Waals surface area contributed by atoms with Gasteiger partial charge in [-0.25, -0.2) is 0 Å². The number of aromatic amines is 1. The maximum absolute atomic E-state index is 12.5. The molecule has 1 aromatic heterocycles. The highest BCUT2D eigenvalue weighted by Gasteiger charge is 2.42. The summed E-state index contributed by atoms with van der Waals surface area (Å²) in [6.07, 6.45) is 0. The number of Topliss-reactive ketones (excluding diaryl/α,β-unsaturated/α-hetero) is 1. The summed E-state index contributed by atoms with van der Waals surface area (Å²) in [5.41, 5.74) is 1.18. The number of aromatic nitrogens is 1. The van der Waals surface area contributed by atoms with Gasteiger partial charge in [0.1, 0.15) is 5.60 Å². The summed E-state index contributed by atoms with van der Waals surface area (Å²) < 4.78 is 5.18. The summed E-state index contributed by atoms with van der Waals surface area (Å²) in [4.78, 5) is 15.7. The molecule has 4 nitrogen and oxygen atoms in total. The maximum atomic E-state index is 12.5. The number of ketones is 1. The Hall–Kier alpha value is -2.07. The van der Waals surface area contributed by atoms with Crippen LogP contribution < -0.4 is 0 Å². The van der Waals surface area contributed by atoms with Crippen LogP contribution in [0, 0.1) is 0 Å². The van der Waals surface area contributed by atoms with Crippen molar-refractivity contribution in [3.63, 3.8) is 0 Å². The molecule has 0 aliphatic heterocycles. The van der Waals surface area contributed by atoms with Crippen molar-refractivity contribution in [2.24, 2.45) is 0 Å². The summed E-state index contributed by atoms with van der Waals surface area (Å²) in [6.45, 7) is 3.38. The lowest BCUT2D eigenvalue weighted by atomic mass is 9.82. The fourth-order valence-electron chi connectivity index (χ4n) is 2.68. The second-order valence-electron chi connectivity index (χ2n) is 4.98. The number of carbonyl (C=O) groups excluding carboxylic acids is 1. The van der Waals surface area contributed by atoms with Crippen LogP contribution in [0.3, 0.4) is 0 Å². The third kappa shape index (κ3) is 1.40. The number of para-hydroxylation sites is 1. The molecular formula is C15H15NO3. The second kappa shape index (κ2) is 3.71. The summed E-state index contributed by atoms with van der Waals surface area (Å²) >= 11 is 0. The fraction of sp³-hybridized carbons (Fsp3) is 0.267. The molecule has 1 aliphatic carbocycles. The molecule has 19 heavy (non-hydrogen) atoms. The van der Waals surface area contributed by atoms with Crippen LogP contribution in [0.15, 0.2) is 35.6 Å². The van der Waals surface area contributed by atoms with Gasteiger partial charge in [0.05, 0.1) is 18.4 Å². The van der Waals surface area contributed by atoms with Crippen molar-refractivity contribution in [3.05, 3.63) is 46.9 Å². The van der Waals surface area contributed by atoms with E-state index >= 15 is 0 Å². The van der Waals surface area contributed by atoms with Gasteiger partial charge in [0.25, 0.3) is 0 Å². The topological polar surface area (TPSA) is 62.3 Å². The smallest absolute Gasteiger partial charge is 0.230 e. The Labute approximate surface area is 110 Å². The van der Waals surface area contributed by atoms with E-state index in [0.29, 0.717) is 16.8 Å². The average Bonchev–Trinajstić information content (AvgIpc) is 2.78. The molecule has 3 rings (SSSR count). The van der Waals surface area contributed by atoms with E-state index in [4.69, 9.17) is 4.74 Å². The number of allylic oxidation sites excluding steroid dienone is 1. The average molecular weight is 257 g/mol. The van der Waals surface area contributed by atoms with Crippen LogP contribution in [0.25, 0.3) is 10.9 Å². The van der Waals surface area contributed by atoms with Crippen molar-refractivity contribution in [2.75, 3.05) is 7.11 Å². The van der Waals surface area contributed by atoms with Gasteiger partial charge in [-0.2, -0.15) is 0 Å². The maximum Gasteiger partial charge on any atom is 0.230 e. The summed E-state index contributed by atoms with van der Waals surface area (Å²) in [5.74, 6) is 0.0428. The zero-order chi connectivity index (χ0) is 13.8. The molecule has 0 saturated heterocycles. The van der Waals surface area contributed by atoms with Crippen molar-refractivity contribution in [1.82, 2.24) is 4.98 Å². The number of hydrogen-bond acceptors (Lipinski definition) is 3. The third-order valence-electron chi connectivity index (χ3n) is 3.90. The number of nitrogens with one attached hydrogen (secondary N) is 1. The largest absolute Gasteiger partial charge is 0.493 e. The van der Waals surface area contributed by atoms with Gasteiger partial charge in [-0.1, -0.05) is 18.2 Å². The Morgan fingerprint density at radius 3 is 2.68 bits per heavy atom. The van der Waals surface area contributed by atoms with E-state index in [1.165, 1.54) is 7.11 Å². The summed E-state index contributed by atoms with van der Waals surface area (Å²) in [7, 11) is 1.45. The molecule has 4 heteroatoms. The van der Waals surface area contributed by atoms with Gasteiger partial charge in [-0.05, 0) is 19.9 Å². The van der Waals surface area contributed by atoms with Crippen LogP contribution in [0.5, 0.6) is 0 Å². The molecule has 1 unspecified atom stereocenters. The SMILES string of the molecule is COC1=C(C)C(C)(O)c2[nH]c3ccccc3c2C1=O. The molecule has 1 aromatic carbocycles. The number of H-pyrrole nitrogens is 1. The predicted molar refractivity (Wildman–Crippen MR) is 71.9 cm³/mol. The molecule has 0 spiro atoms. The van der Waals surface area contributed by atoms with E-state index < -0.39 is 5.60 Å². The van der Waals surface area contributed by atoms with Crippen molar-refractivity contribution < 1.29 is 14.6 Å². The monoisotopic (exact) mass is 257 g/mol. The molecule has 0 fully saturated rings. The first-order chi connectivity index (χ1) is 8.98. The molecule has 2 N–H and O–H groups in total. The van der Waals surface area contributed by atoms with Crippen molar-refractivity contribution in [1.29, 1.82) is 0 Å². The number of benzene rings is 1. The molecule has 2 aromatic rings. The van der Waals surface area contributed by atoms with Crippen LogP contribution >= 0.6 is 0 Å². The number of fused-ring (bicyclic) bond motifs is 3. The zero-order valence-corrected chi connectivity index (χ0v) is 11.1. The van der Waals surface area contributed by atoms with Gasteiger partial charge in [0, 0.05) is 16.5 Å². The van der Waals surface area contributed by atoms with Crippen LogP contribution in [0.4, 0.5) is 0 Å². The van der Waals surface area contributed by atoms with Gasteiger partial charge in [-0.15, -0.1) is 0 Å². The molecule has 1 aliphatic rings. The minimum atomic E-state index is -1.23. The second-order valence-corrected chi connectivity index (χ2v) is 4.98. The first-order valence-electron chi connectivity index (χ1n) is 6.12. The normalized spacial score (nSPS) is 22.8. The Balaban J connectivity index is 2.41. The lowest BCUT2D eigenvalue weighted by Crippen LogP contribution is -2.33. The first-order valence-corrected chi connectivity index (χ1v) is 6.12. The Morgan fingerprint density at radius 1 is 1.32 bits per heavy atom. The minimum Gasteiger partial charge on any atom is -0.493 e. The van der Waals surface area contributed by atoms with Crippen LogP contribution in [-0.2, 0) is 10.3 Å². The minimum absolute atomic E-state index is 0.182. The van der Waals surface area contributed by atoms with Gasteiger partial charge < -0.3 is 14.8 Å². The van der Waals surface area contributed by atoms with Gasteiger partial charge in [0.15, 0.2) is 5.76 Å². The van der Waals surface area contributed by atoms with Gasteiger partial charge >= 0.3 is 0 Å². The Kier molecular flexibility index (Phi) is 2.34. The number of aliphatic hydroxyl groups is 1. The number of methoxy groups -OCH3 is 1. The van der Waals surface area contributed by atoms with Crippen LogP contribution in [0.1, 0.15) is 29.9 Å². The van der Waals surface area contributed by atoms with E-state index in [2.05, 4.69) is 4.98 Å². The number of rotatable bonds is 1. The van der Waals surface area contributed by atoms with E-state index in [1.54, 1.807) is 13.8 Å². The third-order valence-corrected chi connectivity index (χ3v) is 3.90. The molecule has 0 saturated carbocycles. The lowest BCUT2D eigenvalue weighted by Gasteiger charge is -2.30. The van der Waals surface area contributed by atoms with E-state index in [9.17, 15) is 9.90 Å². The molecule has 0 radical (unpaired) electrons. The zero-order valence-electron chi connectivity index (χ0n) is 11.1. The summed E-state index contributed by atoms with van der Waals surface area (Å²) in [5, 5.41) is 11.5. The summed E-state index contributed by atoms with van der Waals surface area (Å²) in [6, 6.07) is 7.52. The van der Waals surface area contributed by atoms with Crippen molar-refractivity contribution >= 4 is 16.7 Å². The highest BCUT2D eigenvalue weighted by atomic mass is 16.5. The molecule has 98 valence electrons. The first kappa shape index (κ1) is 12.0. The molecule has 0 amide bonds. The molecule has 1 heterocycles. The lowest BCUT2D eigenvalue weighted by molar-refractivity contribution is 0.0696. The number of ether oxygens (including phenoxy) is 1. The predicted octanol–water partition coefficient (Wildman–Crippen LogP) is 2.49. The van der Waals surface area contributed by atoms with E-state index in [-0.39, 0.29) is 11.5 Å². The Morgan fingerprint density at radius 2 is 2.00 bits per heavy atom.